The molecule has 2 saturated carbocycles. The van der Waals surface area contributed by atoms with Gasteiger partial charge in [-0.25, -0.2) is 0 Å². The lowest BCUT2D eigenvalue weighted by molar-refractivity contribution is -0.124. The van der Waals surface area contributed by atoms with Crippen LogP contribution in [0.5, 0.6) is 0 Å². The molecule has 6 aliphatic rings. The van der Waals surface area contributed by atoms with Crippen molar-refractivity contribution in [3.63, 3.8) is 0 Å². The van der Waals surface area contributed by atoms with E-state index in [1.165, 1.54) is 4.90 Å². The molecule has 2 saturated heterocycles. The normalized spacial score (nSPS) is 38.9. The van der Waals surface area contributed by atoms with Gasteiger partial charge in [0, 0.05) is 18.7 Å². The van der Waals surface area contributed by atoms with Crippen LogP contribution >= 0.6 is 0 Å². The molecule has 1 aromatic rings. The van der Waals surface area contributed by atoms with Crippen molar-refractivity contribution in [3.05, 3.63) is 42.0 Å². The molecule has 2 aliphatic heterocycles. The predicted molar refractivity (Wildman–Crippen MR) is 105 cm³/mol. The van der Waals surface area contributed by atoms with Gasteiger partial charge in [0.15, 0.2) is 0 Å². The minimum atomic E-state index is -0.198. The summed E-state index contributed by atoms with van der Waals surface area (Å²) in [5.74, 6) is 0.934. The summed E-state index contributed by atoms with van der Waals surface area (Å²) in [4.78, 5) is 40.0. The van der Waals surface area contributed by atoms with E-state index in [1.54, 1.807) is 24.3 Å². The number of imide groups is 1. The zero-order valence-corrected chi connectivity index (χ0v) is 16.1. The fourth-order valence-corrected chi connectivity index (χ4v) is 6.09. The number of anilines is 1. The van der Waals surface area contributed by atoms with Crippen LogP contribution in [0.25, 0.3) is 0 Å². The van der Waals surface area contributed by atoms with E-state index in [0.717, 1.165) is 25.9 Å². The molecule has 7 rings (SSSR count). The van der Waals surface area contributed by atoms with Crippen LogP contribution in [0.3, 0.4) is 0 Å². The highest BCUT2D eigenvalue weighted by molar-refractivity contribution is 6.22. The van der Waals surface area contributed by atoms with Crippen LogP contribution in [0.4, 0.5) is 5.69 Å². The molecule has 6 heteroatoms. The Hall–Kier alpha value is -2.47. The first-order valence-corrected chi connectivity index (χ1v) is 10.7. The second-order valence-corrected chi connectivity index (χ2v) is 9.06. The predicted octanol–water partition coefficient (Wildman–Crippen LogP) is 2.15. The van der Waals surface area contributed by atoms with Gasteiger partial charge in [-0.2, -0.15) is 0 Å². The number of nitrogens with one attached hydrogen (secondary N) is 1. The number of ether oxygens (including phenoxy) is 1. The monoisotopic (exact) mass is 392 g/mol. The van der Waals surface area contributed by atoms with Crippen LogP contribution in [0.15, 0.2) is 36.4 Å². The number of rotatable bonds is 4. The lowest BCUT2D eigenvalue weighted by atomic mass is 9.63. The minimum absolute atomic E-state index is 0.0692. The molecule has 29 heavy (non-hydrogen) atoms. The highest BCUT2D eigenvalue weighted by Gasteiger charge is 2.67. The van der Waals surface area contributed by atoms with E-state index in [9.17, 15) is 14.4 Å². The summed E-state index contributed by atoms with van der Waals surface area (Å²) in [6.07, 6.45) is 7.61. The maximum Gasteiger partial charge on any atom is 0.251 e. The highest BCUT2D eigenvalue weighted by atomic mass is 16.5. The number of nitrogens with zero attached hydrogens (tertiary/aromatic N) is 1. The minimum Gasteiger partial charge on any atom is -0.376 e. The Bertz CT molecular complexity index is 881. The second kappa shape index (κ2) is 6.26. The van der Waals surface area contributed by atoms with E-state index in [2.05, 4.69) is 17.5 Å². The second-order valence-electron chi connectivity index (χ2n) is 9.06. The van der Waals surface area contributed by atoms with E-state index in [4.69, 9.17) is 4.74 Å². The Balaban J connectivity index is 1.18. The summed E-state index contributed by atoms with van der Waals surface area (Å²) in [5, 5.41) is 2.90. The number of amides is 3. The van der Waals surface area contributed by atoms with Gasteiger partial charge >= 0.3 is 0 Å². The van der Waals surface area contributed by atoms with Crippen molar-refractivity contribution < 1.29 is 19.1 Å². The lowest BCUT2D eigenvalue weighted by Gasteiger charge is -2.37. The van der Waals surface area contributed by atoms with E-state index >= 15 is 0 Å². The van der Waals surface area contributed by atoms with Gasteiger partial charge < -0.3 is 10.1 Å². The van der Waals surface area contributed by atoms with Gasteiger partial charge in [0.1, 0.15) is 0 Å². The maximum atomic E-state index is 13.2. The first-order valence-electron chi connectivity index (χ1n) is 10.7. The fraction of sp³-hybridized carbons (Fsp3) is 0.522. The van der Waals surface area contributed by atoms with Crippen LogP contribution in [0.1, 0.15) is 29.6 Å². The van der Waals surface area contributed by atoms with Crippen LogP contribution in [-0.2, 0) is 14.3 Å². The van der Waals surface area contributed by atoms with Crippen molar-refractivity contribution in [2.45, 2.75) is 25.4 Å². The topological polar surface area (TPSA) is 75.7 Å². The Kier molecular flexibility index (Phi) is 3.76. The summed E-state index contributed by atoms with van der Waals surface area (Å²) in [7, 11) is 0. The molecule has 7 atom stereocenters. The van der Waals surface area contributed by atoms with Crippen LogP contribution in [-0.4, -0.2) is 37.0 Å². The highest BCUT2D eigenvalue weighted by Crippen LogP contribution is 2.65. The maximum absolute atomic E-state index is 13.2. The quantitative estimate of drug-likeness (QED) is 0.629. The fourth-order valence-electron chi connectivity index (χ4n) is 6.09. The van der Waals surface area contributed by atoms with E-state index in [1.807, 2.05) is 0 Å². The molecular formula is C23H24N2O4. The third-order valence-electron chi connectivity index (χ3n) is 7.56. The molecule has 0 aromatic heterocycles. The van der Waals surface area contributed by atoms with E-state index in [0.29, 0.717) is 29.6 Å². The van der Waals surface area contributed by atoms with Gasteiger partial charge in [0.05, 0.1) is 23.6 Å². The summed E-state index contributed by atoms with van der Waals surface area (Å²) in [5.41, 5.74) is 1.09. The average molecular weight is 392 g/mol. The Labute approximate surface area is 169 Å². The van der Waals surface area contributed by atoms with Crippen LogP contribution in [0.2, 0.25) is 0 Å². The standard InChI is InChI=1S/C23H24N2O4/c26-21(24-11-14-2-1-9-29-14)12-3-5-13(6-4-12)25-22(27)19-15-7-8-16(18-10-17(15)18)20(19)23(25)28/h3-8,14-20H,1-2,9-11H2,(H,24,26). The van der Waals surface area contributed by atoms with Crippen molar-refractivity contribution in [1.82, 2.24) is 5.32 Å². The molecule has 6 nitrogen and oxygen atoms in total. The molecule has 2 bridgehead atoms. The van der Waals surface area contributed by atoms with E-state index < -0.39 is 0 Å². The molecule has 7 unspecified atom stereocenters. The molecule has 1 N–H and O–H groups in total. The van der Waals surface area contributed by atoms with Crippen molar-refractivity contribution in [3.8, 4) is 0 Å². The van der Waals surface area contributed by atoms with Gasteiger partial charge in [-0.3, -0.25) is 19.3 Å². The number of allylic oxidation sites excluding steroid dienone is 2. The third-order valence-corrected chi connectivity index (χ3v) is 7.56. The number of hydrogen-bond acceptors (Lipinski definition) is 4. The zero-order valence-electron chi connectivity index (χ0n) is 16.1. The lowest BCUT2D eigenvalue weighted by Crippen LogP contribution is -2.40. The molecule has 2 heterocycles. The van der Waals surface area contributed by atoms with Gasteiger partial charge in [-0.15, -0.1) is 0 Å². The van der Waals surface area contributed by atoms with Crippen LogP contribution < -0.4 is 10.2 Å². The third kappa shape index (κ3) is 2.54. The molecule has 3 amide bonds. The smallest absolute Gasteiger partial charge is 0.251 e. The molecular weight excluding hydrogens is 368 g/mol. The largest absolute Gasteiger partial charge is 0.376 e. The number of benzene rings is 1. The summed E-state index contributed by atoms with van der Waals surface area (Å²) >= 11 is 0. The zero-order chi connectivity index (χ0) is 19.7. The molecule has 150 valence electrons. The first kappa shape index (κ1) is 17.4. The van der Waals surface area contributed by atoms with Gasteiger partial charge in [-0.05, 0) is 67.2 Å². The average Bonchev–Trinajstić information content (AvgIpc) is 3.33. The SMILES string of the molecule is O=C(NCC1CCCO1)c1ccc(N2C(=O)C3C4C=CC(C5CC45)C3C2=O)cc1. The molecule has 4 fully saturated rings. The van der Waals surface area contributed by atoms with Crippen LogP contribution in [0, 0.1) is 35.5 Å². The number of hydrogen-bond donors (Lipinski definition) is 1. The van der Waals surface area contributed by atoms with Gasteiger partial charge in [0.2, 0.25) is 11.8 Å². The number of carbonyl (C=O) groups excluding carboxylic acids is 3. The van der Waals surface area contributed by atoms with Crippen molar-refractivity contribution >= 4 is 23.4 Å². The Morgan fingerprint density at radius 2 is 1.69 bits per heavy atom. The Morgan fingerprint density at radius 3 is 2.28 bits per heavy atom. The van der Waals surface area contributed by atoms with Crippen molar-refractivity contribution in [2.75, 3.05) is 18.1 Å². The van der Waals surface area contributed by atoms with Gasteiger partial charge in [0.25, 0.3) is 5.91 Å². The molecule has 4 aliphatic carbocycles. The van der Waals surface area contributed by atoms with Gasteiger partial charge in [-0.1, -0.05) is 12.2 Å². The summed E-state index contributed by atoms with van der Waals surface area (Å²) in [6.45, 7) is 1.26. The Morgan fingerprint density at radius 1 is 1.03 bits per heavy atom. The molecule has 0 radical (unpaired) electrons. The molecule has 1 aromatic carbocycles. The summed E-state index contributed by atoms with van der Waals surface area (Å²) in [6, 6.07) is 6.80. The molecule has 0 spiro atoms. The summed E-state index contributed by atoms with van der Waals surface area (Å²) < 4.78 is 5.53. The first-order chi connectivity index (χ1) is 14.1. The number of carbonyl (C=O) groups is 3. The van der Waals surface area contributed by atoms with E-state index in [-0.39, 0.29) is 47.5 Å². The van der Waals surface area contributed by atoms with Crippen molar-refractivity contribution in [1.29, 1.82) is 0 Å². The van der Waals surface area contributed by atoms with Crippen molar-refractivity contribution in [2.24, 2.45) is 35.5 Å².